The maximum absolute atomic E-state index is 11.0. The minimum absolute atomic E-state index is 0.194. The van der Waals surface area contributed by atoms with E-state index in [0.717, 1.165) is 39.1 Å². The second-order valence-corrected chi connectivity index (χ2v) is 4.44. The van der Waals surface area contributed by atoms with Gasteiger partial charge in [-0.3, -0.25) is 4.79 Å². The fourth-order valence-electron chi connectivity index (χ4n) is 1.75. The molecule has 1 aliphatic rings. The molecule has 0 aromatic rings. The molecule has 94 valence electrons. The molecule has 4 heteroatoms. The predicted molar refractivity (Wildman–Crippen MR) is 64.7 cm³/mol. The van der Waals surface area contributed by atoms with Crippen molar-refractivity contribution in [2.75, 3.05) is 53.0 Å². The van der Waals surface area contributed by atoms with Gasteiger partial charge < -0.3 is 14.5 Å². The molecule has 0 unspecified atom stereocenters. The Morgan fingerprint density at radius 2 is 1.94 bits per heavy atom. The summed E-state index contributed by atoms with van der Waals surface area (Å²) < 4.78 is 5.31. The van der Waals surface area contributed by atoms with Gasteiger partial charge >= 0.3 is 0 Å². The molecular weight excluding hydrogens is 204 g/mol. The molecule has 0 saturated carbocycles. The summed E-state index contributed by atoms with van der Waals surface area (Å²) >= 11 is 0. The molecule has 0 bridgehead atoms. The van der Waals surface area contributed by atoms with Gasteiger partial charge in [-0.1, -0.05) is 6.92 Å². The highest BCUT2D eigenvalue weighted by Crippen LogP contribution is 2.00. The lowest BCUT2D eigenvalue weighted by atomic mass is 10.3. The van der Waals surface area contributed by atoms with Crippen molar-refractivity contribution in [3.8, 4) is 0 Å². The Morgan fingerprint density at radius 3 is 2.56 bits per heavy atom. The number of likely N-dealkylation sites (N-methyl/N-ethyl adjacent to an activating group) is 1. The zero-order chi connectivity index (χ0) is 11.8. The topological polar surface area (TPSA) is 32.8 Å². The number of Topliss-reactive ketones (excluding diaryl/α,β-unsaturated/α-hetero) is 1. The Morgan fingerprint density at radius 1 is 1.25 bits per heavy atom. The SMILES string of the molecule is CCC(=O)COCCCN1CCN(C)CC1. The normalized spacial score (nSPS) is 18.9. The molecule has 0 N–H and O–H groups in total. The number of hydrogen-bond donors (Lipinski definition) is 0. The van der Waals surface area contributed by atoms with E-state index in [-0.39, 0.29) is 5.78 Å². The van der Waals surface area contributed by atoms with E-state index in [1.165, 1.54) is 0 Å². The van der Waals surface area contributed by atoms with Crippen LogP contribution in [-0.4, -0.2) is 68.6 Å². The Hall–Kier alpha value is -0.450. The van der Waals surface area contributed by atoms with Crippen LogP contribution in [0, 0.1) is 0 Å². The molecule has 1 heterocycles. The van der Waals surface area contributed by atoms with Gasteiger partial charge in [-0.05, 0) is 13.5 Å². The summed E-state index contributed by atoms with van der Waals surface area (Å²) in [7, 11) is 2.16. The number of piperazine rings is 1. The van der Waals surface area contributed by atoms with Crippen molar-refractivity contribution in [3.05, 3.63) is 0 Å². The van der Waals surface area contributed by atoms with E-state index in [1.54, 1.807) is 0 Å². The first-order chi connectivity index (χ1) is 7.72. The van der Waals surface area contributed by atoms with Crippen molar-refractivity contribution in [1.82, 2.24) is 9.80 Å². The fourth-order valence-corrected chi connectivity index (χ4v) is 1.75. The van der Waals surface area contributed by atoms with Gasteiger partial charge in [0, 0.05) is 45.8 Å². The monoisotopic (exact) mass is 228 g/mol. The maximum atomic E-state index is 11.0. The molecular formula is C12H24N2O2. The van der Waals surface area contributed by atoms with E-state index in [9.17, 15) is 4.79 Å². The first-order valence-corrected chi connectivity index (χ1v) is 6.22. The van der Waals surface area contributed by atoms with Gasteiger partial charge in [-0.25, -0.2) is 0 Å². The van der Waals surface area contributed by atoms with Gasteiger partial charge in [0.05, 0.1) is 0 Å². The van der Waals surface area contributed by atoms with Crippen LogP contribution in [0.25, 0.3) is 0 Å². The number of carbonyl (C=O) groups is 1. The summed E-state index contributed by atoms with van der Waals surface area (Å²) in [4.78, 5) is 15.8. The minimum atomic E-state index is 0.194. The molecule has 0 aromatic heterocycles. The smallest absolute Gasteiger partial charge is 0.158 e. The lowest BCUT2D eigenvalue weighted by molar-refractivity contribution is -0.123. The molecule has 0 radical (unpaired) electrons. The lowest BCUT2D eigenvalue weighted by Gasteiger charge is -2.32. The Bertz CT molecular complexity index is 201. The Kier molecular flexibility index (Phi) is 6.61. The van der Waals surface area contributed by atoms with E-state index in [0.29, 0.717) is 19.6 Å². The van der Waals surface area contributed by atoms with Crippen molar-refractivity contribution in [2.24, 2.45) is 0 Å². The van der Waals surface area contributed by atoms with Gasteiger partial charge in [-0.2, -0.15) is 0 Å². The van der Waals surface area contributed by atoms with Crippen LogP contribution in [0.15, 0.2) is 0 Å². The molecule has 1 fully saturated rings. The number of hydrogen-bond acceptors (Lipinski definition) is 4. The number of carbonyl (C=O) groups excluding carboxylic acids is 1. The highest BCUT2D eigenvalue weighted by Gasteiger charge is 2.12. The van der Waals surface area contributed by atoms with Crippen LogP contribution < -0.4 is 0 Å². The predicted octanol–water partition coefficient (Wildman–Crippen LogP) is 0.620. The van der Waals surface area contributed by atoms with Gasteiger partial charge in [-0.15, -0.1) is 0 Å². The number of ketones is 1. The van der Waals surface area contributed by atoms with Crippen molar-refractivity contribution in [1.29, 1.82) is 0 Å². The first-order valence-electron chi connectivity index (χ1n) is 6.22. The van der Waals surface area contributed by atoms with Gasteiger partial charge in [0.2, 0.25) is 0 Å². The van der Waals surface area contributed by atoms with Crippen LogP contribution in [0.2, 0.25) is 0 Å². The van der Waals surface area contributed by atoms with Crippen LogP contribution >= 0.6 is 0 Å². The third-order valence-corrected chi connectivity index (χ3v) is 3.02. The molecule has 1 rings (SSSR count). The van der Waals surface area contributed by atoms with Crippen molar-refractivity contribution in [2.45, 2.75) is 19.8 Å². The number of ether oxygens (including phenoxy) is 1. The summed E-state index contributed by atoms with van der Waals surface area (Å²) in [5.74, 6) is 0.194. The molecule has 0 amide bonds. The summed E-state index contributed by atoms with van der Waals surface area (Å²) in [5, 5.41) is 0. The third-order valence-electron chi connectivity index (χ3n) is 3.02. The highest BCUT2D eigenvalue weighted by molar-refractivity contribution is 5.79. The second kappa shape index (κ2) is 7.76. The number of nitrogens with zero attached hydrogens (tertiary/aromatic N) is 2. The van der Waals surface area contributed by atoms with Crippen molar-refractivity contribution < 1.29 is 9.53 Å². The van der Waals surface area contributed by atoms with E-state index in [4.69, 9.17) is 4.74 Å². The lowest BCUT2D eigenvalue weighted by Crippen LogP contribution is -2.44. The molecule has 0 atom stereocenters. The average Bonchev–Trinajstić information content (AvgIpc) is 2.31. The Labute approximate surface area is 98.5 Å². The van der Waals surface area contributed by atoms with E-state index < -0.39 is 0 Å². The van der Waals surface area contributed by atoms with Gasteiger partial charge in [0.1, 0.15) is 6.61 Å². The van der Waals surface area contributed by atoms with Crippen LogP contribution in [0.5, 0.6) is 0 Å². The van der Waals surface area contributed by atoms with E-state index in [1.807, 2.05) is 6.92 Å². The van der Waals surface area contributed by atoms with Crippen LogP contribution in [0.1, 0.15) is 19.8 Å². The van der Waals surface area contributed by atoms with E-state index >= 15 is 0 Å². The minimum Gasteiger partial charge on any atom is -0.374 e. The fraction of sp³-hybridized carbons (Fsp3) is 0.917. The molecule has 16 heavy (non-hydrogen) atoms. The second-order valence-electron chi connectivity index (χ2n) is 4.44. The van der Waals surface area contributed by atoms with Crippen molar-refractivity contribution in [3.63, 3.8) is 0 Å². The first kappa shape index (κ1) is 13.6. The molecule has 1 saturated heterocycles. The van der Waals surface area contributed by atoms with Crippen LogP contribution in [-0.2, 0) is 9.53 Å². The van der Waals surface area contributed by atoms with Gasteiger partial charge in [0.15, 0.2) is 5.78 Å². The standard InChI is InChI=1S/C12H24N2O2/c1-3-12(15)11-16-10-4-5-14-8-6-13(2)7-9-14/h3-11H2,1-2H3. The summed E-state index contributed by atoms with van der Waals surface area (Å²) in [6.45, 7) is 8.60. The third kappa shape index (κ3) is 5.58. The zero-order valence-electron chi connectivity index (χ0n) is 10.6. The average molecular weight is 228 g/mol. The summed E-state index contributed by atoms with van der Waals surface area (Å²) in [5.41, 5.74) is 0. The molecule has 0 aliphatic carbocycles. The highest BCUT2D eigenvalue weighted by atomic mass is 16.5. The largest absolute Gasteiger partial charge is 0.374 e. The van der Waals surface area contributed by atoms with Crippen LogP contribution in [0.3, 0.4) is 0 Å². The van der Waals surface area contributed by atoms with E-state index in [2.05, 4.69) is 16.8 Å². The quantitative estimate of drug-likeness (QED) is 0.598. The van der Waals surface area contributed by atoms with Gasteiger partial charge in [0.25, 0.3) is 0 Å². The summed E-state index contributed by atoms with van der Waals surface area (Å²) in [6, 6.07) is 0. The molecule has 1 aliphatic heterocycles. The maximum Gasteiger partial charge on any atom is 0.158 e. The Balaban J connectivity index is 1.93. The molecule has 4 nitrogen and oxygen atoms in total. The zero-order valence-corrected chi connectivity index (χ0v) is 10.6. The van der Waals surface area contributed by atoms with Crippen molar-refractivity contribution >= 4 is 5.78 Å². The van der Waals surface area contributed by atoms with Crippen LogP contribution in [0.4, 0.5) is 0 Å². The summed E-state index contributed by atoms with van der Waals surface area (Å²) in [6.07, 6.45) is 1.61. The number of rotatable bonds is 7. The molecule has 0 spiro atoms. The molecule has 0 aromatic carbocycles.